The van der Waals surface area contributed by atoms with Crippen molar-refractivity contribution in [1.82, 2.24) is 10.2 Å². The average Bonchev–Trinajstić information content (AvgIpc) is 2.48. The van der Waals surface area contributed by atoms with E-state index >= 15 is 0 Å². The van der Waals surface area contributed by atoms with E-state index in [9.17, 15) is 0 Å². The van der Waals surface area contributed by atoms with Crippen LogP contribution in [0.15, 0.2) is 0 Å². The quantitative estimate of drug-likeness (QED) is 0.753. The van der Waals surface area contributed by atoms with Crippen LogP contribution in [0.4, 0.5) is 0 Å². The highest BCUT2D eigenvalue weighted by Gasteiger charge is 2.32. The lowest BCUT2D eigenvalue weighted by molar-refractivity contribution is 0.0713. The van der Waals surface area contributed by atoms with Crippen LogP contribution in [0.25, 0.3) is 0 Å². The van der Waals surface area contributed by atoms with Gasteiger partial charge >= 0.3 is 0 Å². The Hall–Kier alpha value is 0.270. The number of hydrogen-bond donors (Lipinski definition) is 1. The fraction of sp³-hybridized carbons (Fsp3) is 1.00. The summed E-state index contributed by atoms with van der Waals surface area (Å²) >= 11 is 1.99. The van der Waals surface area contributed by atoms with Crippen LogP contribution in [0.3, 0.4) is 0 Å². The molecule has 112 valence electrons. The van der Waals surface area contributed by atoms with E-state index in [4.69, 9.17) is 0 Å². The maximum Gasteiger partial charge on any atom is 0.0249 e. The van der Waals surface area contributed by atoms with Crippen molar-refractivity contribution in [2.24, 2.45) is 5.92 Å². The van der Waals surface area contributed by atoms with Gasteiger partial charge in [0.1, 0.15) is 0 Å². The van der Waals surface area contributed by atoms with Crippen molar-refractivity contribution in [2.75, 3.05) is 31.6 Å². The molecule has 2 nitrogen and oxygen atoms in total. The molecule has 2 unspecified atom stereocenters. The molecule has 0 aromatic carbocycles. The molecule has 1 aliphatic carbocycles. The molecule has 2 aliphatic rings. The normalized spacial score (nSPS) is 30.6. The van der Waals surface area contributed by atoms with E-state index < -0.39 is 0 Å². The van der Waals surface area contributed by atoms with Gasteiger partial charge in [-0.3, -0.25) is 4.90 Å². The Morgan fingerprint density at radius 2 is 2.00 bits per heavy atom. The highest BCUT2D eigenvalue weighted by molar-refractivity contribution is 7.98. The Kier molecular flexibility index (Phi) is 7.03. The second kappa shape index (κ2) is 8.53. The molecule has 1 saturated heterocycles. The molecule has 2 rings (SSSR count). The number of piperazine rings is 1. The third-order valence-corrected chi connectivity index (χ3v) is 5.72. The fourth-order valence-corrected chi connectivity index (χ4v) is 4.24. The van der Waals surface area contributed by atoms with Gasteiger partial charge in [-0.05, 0) is 50.2 Å². The SMILES string of the molecule is CCC1CN(CCCSC)C(C2CCCCC2)CN1. The summed E-state index contributed by atoms with van der Waals surface area (Å²) in [6, 6.07) is 1.55. The van der Waals surface area contributed by atoms with Crippen LogP contribution in [0.2, 0.25) is 0 Å². The number of thioether (sulfide) groups is 1. The van der Waals surface area contributed by atoms with Gasteiger partial charge in [-0.2, -0.15) is 11.8 Å². The molecule has 0 amide bonds. The van der Waals surface area contributed by atoms with Crippen LogP contribution in [-0.2, 0) is 0 Å². The highest BCUT2D eigenvalue weighted by atomic mass is 32.2. The molecule has 1 N–H and O–H groups in total. The molecule has 3 heteroatoms. The Bertz CT molecular complexity index is 241. The van der Waals surface area contributed by atoms with Gasteiger partial charge in [0.25, 0.3) is 0 Å². The Balaban J connectivity index is 1.89. The van der Waals surface area contributed by atoms with E-state index in [0.29, 0.717) is 0 Å². The molecule has 0 aromatic heterocycles. The summed E-state index contributed by atoms with van der Waals surface area (Å²) < 4.78 is 0. The van der Waals surface area contributed by atoms with Gasteiger partial charge in [-0.15, -0.1) is 0 Å². The van der Waals surface area contributed by atoms with Crippen LogP contribution < -0.4 is 5.32 Å². The van der Waals surface area contributed by atoms with Crippen LogP contribution in [0.5, 0.6) is 0 Å². The van der Waals surface area contributed by atoms with E-state index in [1.807, 2.05) is 11.8 Å². The van der Waals surface area contributed by atoms with Gasteiger partial charge < -0.3 is 5.32 Å². The molecule has 2 atom stereocenters. The third-order valence-electron chi connectivity index (χ3n) is 5.02. The summed E-state index contributed by atoms with van der Waals surface area (Å²) in [5, 5.41) is 3.79. The standard InChI is InChI=1S/C16H32N2S/c1-3-15-13-18(10-7-11-19-2)16(12-17-15)14-8-5-4-6-9-14/h14-17H,3-13H2,1-2H3. The van der Waals surface area contributed by atoms with Crippen molar-refractivity contribution in [3.05, 3.63) is 0 Å². The van der Waals surface area contributed by atoms with Crippen molar-refractivity contribution in [1.29, 1.82) is 0 Å². The van der Waals surface area contributed by atoms with Gasteiger partial charge in [0.05, 0.1) is 0 Å². The summed E-state index contributed by atoms with van der Waals surface area (Å²) in [5.74, 6) is 2.28. The van der Waals surface area contributed by atoms with E-state index in [2.05, 4.69) is 23.4 Å². The summed E-state index contributed by atoms with van der Waals surface area (Å²) in [5.41, 5.74) is 0. The van der Waals surface area contributed by atoms with Crippen molar-refractivity contribution < 1.29 is 0 Å². The molecule has 0 bridgehead atoms. The van der Waals surface area contributed by atoms with Gasteiger partial charge in [-0.25, -0.2) is 0 Å². The van der Waals surface area contributed by atoms with Crippen molar-refractivity contribution in [2.45, 2.75) is 64.0 Å². The van der Waals surface area contributed by atoms with Gasteiger partial charge in [0, 0.05) is 25.2 Å². The minimum atomic E-state index is 0.731. The van der Waals surface area contributed by atoms with Crippen molar-refractivity contribution >= 4 is 11.8 Å². The minimum absolute atomic E-state index is 0.731. The smallest absolute Gasteiger partial charge is 0.0249 e. The lowest BCUT2D eigenvalue weighted by Gasteiger charge is -2.45. The fourth-order valence-electron chi connectivity index (χ4n) is 3.83. The predicted molar refractivity (Wildman–Crippen MR) is 87.0 cm³/mol. The molecule has 2 fully saturated rings. The number of nitrogens with zero attached hydrogens (tertiary/aromatic N) is 1. The molecular weight excluding hydrogens is 252 g/mol. The van der Waals surface area contributed by atoms with Gasteiger partial charge in [0.15, 0.2) is 0 Å². The van der Waals surface area contributed by atoms with Gasteiger partial charge in [-0.1, -0.05) is 26.2 Å². The lowest BCUT2D eigenvalue weighted by atomic mass is 9.82. The van der Waals surface area contributed by atoms with Crippen LogP contribution in [-0.4, -0.2) is 48.6 Å². The molecule has 1 heterocycles. The Morgan fingerprint density at radius 1 is 1.21 bits per heavy atom. The molecule has 19 heavy (non-hydrogen) atoms. The van der Waals surface area contributed by atoms with Gasteiger partial charge in [0.2, 0.25) is 0 Å². The highest BCUT2D eigenvalue weighted by Crippen LogP contribution is 2.30. The molecule has 1 aliphatic heterocycles. The Morgan fingerprint density at radius 3 is 2.68 bits per heavy atom. The topological polar surface area (TPSA) is 15.3 Å². The third kappa shape index (κ3) is 4.64. The summed E-state index contributed by atoms with van der Waals surface area (Å²) in [6.45, 7) is 6.16. The zero-order valence-electron chi connectivity index (χ0n) is 12.9. The zero-order valence-corrected chi connectivity index (χ0v) is 13.7. The molecule has 0 spiro atoms. The van der Waals surface area contributed by atoms with E-state index in [-0.39, 0.29) is 0 Å². The van der Waals surface area contributed by atoms with E-state index in [0.717, 1.165) is 18.0 Å². The largest absolute Gasteiger partial charge is 0.311 e. The molecular formula is C16H32N2S. The Labute approximate surface area is 124 Å². The first-order valence-electron chi connectivity index (χ1n) is 8.31. The van der Waals surface area contributed by atoms with Crippen LogP contribution in [0.1, 0.15) is 51.9 Å². The maximum absolute atomic E-state index is 3.79. The monoisotopic (exact) mass is 284 g/mol. The maximum atomic E-state index is 3.79. The predicted octanol–water partition coefficient (Wildman–Crippen LogP) is 3.37. The van der Waals surface area contributed by atoms with E-state index in [1.165, 1.54) is 70.3 Å². The van der Waals surface area contributed by atoms with Crippen molar-refractivity contribution in [3.63, 3.8) is 0 Å². The number of hydrogen-bond acceptors (Lipinski definition) is 3. The van der Waals surface area contributed by atoms with Crippen LogP contribution >= 0.6 is 11.8 Å². The molecule has 0 aromatic rings. The first kappa shape index (κ1) is 15.7. The lowest BCUT2D eigenvalue weighted by Crippen LogP contribution is -2.59. The second-order valence-corrected chi connectivity index (χ2v) is 7.31. The summed E-state index contributed by atoms with van der Waals surface area (Å²) in [4.78, 5) is 2.83. The first-order chi connectivity index (χ1) is 9.35. The van der Waals surface area contributed by atoms with Crippen molar-refractivity contribution in [3.8, 4) is 0 Å². The molecule has 1 saturated carbocycles. The van der Waals surface area contributed by atoms with E-state index in [1.54, 1.807) is 0 Å². The number of nitrogens with one attached hydrogen (secondary N) is 1. The number of rotatable bonds is 6. The average molecular weight is 285 g/mol. The summed E-state index contributed by atoms with van der Waals surface area (Å²) in [6.07, 6.45) is 12.2. The zero-order chi connectivity index (χ0) is 13.5. The second-order valence-electron chi connectivity index (χ2n) is 6.32. The minimum Gasteiger partial charge on any atom is -0.311 e. The summed E-state index contributed by atoms with van der Waals surface area (Å²) in [7, 11) is 0. The van der Waals surface area contributed by atoms with Crippen LogP contribution in [0, 0.1) is 5.92 Å². The first-order valence-corrected chi connectivity index (χ1v) is 9.71. The molecule has 0 radical (unpaired) electrons.